The summed E-state index contributed by atoms with van der Waals surface area (Å²) in [6.07, 6.45) is 7.82. The third kappa shape index (κ3) is 2.69. The molecule has 1 aliphatic rings. The van der Waals surface area contributed by atoms with Gasteiger partial charge in [0.25, 0.3) is 0 Å². The smallest absolute Gasteiger partial charge is 0.146 e. The van der Waals surface area contributed by atoms with Gasteiger partial charge >= 0.3 is 0 Å². The Bertz CT molecular complexity index is 674. The highest BCUT2D eigenvalue weighted by Gasteiger charge is 2.26. The maximum Gasteiger partial charge on any atom is 0.146 e. The molecule has 0 bridgehead atoms. The van der Waals surface area contributed by atoms with Gasteiger partial charge in [-0.3, -0.25) is 0 Å². The van der Waals surface area contributed by atoms with Crippen molar-refractivity contribution < 1.29 is 0 Å². The van der Waals surface area contributed by atoms with E-state index in [1.807, 2.05) is 18.3 Å². The molecule has 0 spiro atoms. The summed E-state index contributed by atoms with van der Waals surface area (Å²) in [7, 11) is 0. The number of hydrogen-bond acceptors (Lipinski definition) is 4. The van der Waals surface area contributed by atoms with Crippen LogP contribution in [-0.4, -0.2) is 27.6 Å². The van der Waals surface area contributed by atoms with Gasteiger partial charge in [-0.25, -0.2) is 9.97 Å². The summed E-state index contributed by atoms with van der Waals surface area (Å²) in [4.78, 5) is 11.2. The van der Waals surface area contributed by atoms with E-state index in [0.29, 0.717) is 17.5 Å². The highest BCUT2D eigenvalue weighted by molar-refractivity contribution is 5.53. The van der Waals surface area contributed by atoms with Crippen molar-refractivity contribution in [3.8, 4) is 6.07 Å². The van der Waals surface area contributed by atoms with Crippen LogP contribution in [0.2, 0.25) is 0 Å². The molecule has 22 heavy (non-hydrogen) atoms. The van der Waals surface area contributed by atoms with Gasteiger partial charge in [0.05, 0.1) is 5.56 Å². The number of nitrogens with zero attached hydrogens (tertiary/aromatic N) is 5. The van der Waals surface area contributed by atoms with E-state index in [1.165, 1.54) is 5.82 Å². The van der Waals surface area contributed by atoms with E-state index in [-0.39, 0.29) is 0 Å². The molecule has 0 N–H and O–H groups in total. The highest BCUT2D eigenvalue weighted by Crippen LogP contribution is 2.31. The number of anilines is 1. The molecular weight excluding hydrogens is 274 g/mol. The van der Waals surface area contributed by atoms with Gasteiger partial charge in [0.15, 0.2) is 0 Å². The van der Waals surface area contributed by atoms with Crippen LogP contribution in [0, 0.1) is 11.3 Å². The van der Waals surface area contributed by atoms with Crippen molar-refractivity contribution in [3.05, 3.63) is 42.1 Å². The minimum Gasteiger partial charge on any atom is -0.355 e. The van der Waals surface area contributed by atoms with Crippen LogP contribution < -0.4 is 4.90 Å². The second-order valence-electron chi connectivity index (χ2n) is 6.03. The van der Waals surface area contributed by atoms with Gasteiger partial charge in [-0.05, 0) is 38.8 Å². The summed E-state index contributed by atoms with van der Waals surface area (Å²) >= 11 is 0. The first kappa shape index (κ1) is 14.6. The van der Waals surface area contributed by atoms with E-state index >= 15 is 0 Å². The van der Waals surface area contributed by atoms with E-state index in [9.17, 15) is 5.26 Å². The standard InChI is InChI=1S/C17H21N5/c1-13(2)22-11-8-20-17(22)14-5-9-21(10-6-14)16-15(12-18)4-3-7-19-16/h3-4,7-8,11,13-14H,5-6,9-10H2,1-2H3. The van der Waals surface area contributed by atoms with Crippen molar-refractivity contribution in [1.82, 2.24) is 14.5 Å². The van der Waals surface area contributed by atoms with E-state index in [4.69, 9.17) is 0 Å². The van der Waals surface area contributed by atoms with E-state index in [0.717, 1.165) is 31.7 Å². The van der Waals surface area contributed by atoms with Crippen LogP contribution in [0.3, 0.4) is 0 Å². The average molecular weight is 295 g/mol. The zero-order chi connectivity index (χ0) is 15.5. The molecule has 2 aromatic heterocycles. The fraction of sp³-hybridized carbons (Fsp3) is 0.471. The summed E-state index contributed by atoms with van der Waals surface area (Å²) in [5.41, 5.74) is 0.657. The third-order valence-corrected chi connectivity index (χ3v) is 4.32. The number of rotatable bonds is 3. The Hall–Kier alpha value is -2.35. The number of imidazole rings is 1. The van der Waals surface area contributed by atoms with Crippen LogP contribution in [0.1, 0.15) is 50.0 Å². The Morgan fingerprint density at radius 3 is 2.68 bits per heavy atom. The first-order chi connectivity index (χ1) is 10.7. The van der Waals surface area contributed by atoms with Crippen molar-refractivity contribution in [3.63, 3.8) is 0 Å². The van der Waals surface area contributed by atoms with E-state index in [1.54, 1.807) is 6.20 Å². The van der Waals surface area contributed by atoms with Gasteiger partial charge in [0, 0.05) is 43.6 Å². The van der Waals surface area contributed by atoms with Gasteiger partial charge in [0.1, 0.15) is 17.7 Å². The third-order valence-electron chi connectivity index (χ3n) is 4.32. The fourth-order valence-electron chi connectivity index (χ4n) is 3.16. The quantitative estimate of drug-likeness (QED) is 0.873. The van der Waals surface area contributed by atoms with Crippen LogP contribution in [0.25, 0.3) is 0 Å². The summed E-state index contributed by atoms with van der Waals surface area (Å²) in [5.74, 6) is 2.50. The van der Waals surface area contributed by atoms with Crippen molar-refractivity contribution in [2.24, 2.45) is 0 Å². The van der Waals surface area contributed by atoms with Gasteiger partial charge in [-0.1, -0.05) is 0 Å². The zero-order valence-electron chi connectivity index (χ0n) is 13.1. The van der Waals surface area contributed by atoms with Crippen LogP contribution >= 0.6 is 0 Å². The molecule has 0 radical (unpaired) electrons. The van der Waals surface area contributed by atoms with Crippen molar-refractivity contribution >= 4 is 5.82 Å². The molecule has 3 heterocycles. The lowest BCUT2D eigenvalue weighted by Gasteiger charge is -2.33. The van der Waals surface area contributed by atoms with E-state index < -0.39 is 0 Å². The molecule has 0 unspecified atom stereocenters. The lowest BCUT2D eigenvalue weighted by atomic mass is 9.95. The van der Waals surface area contributed by atoms with Crippen LogP contribution in [0.4, 0.5) is 5.82 Å². The minimum absolute atomic E-state index is 0.441. The number of pyridine rings is 1. The number of nitriles is 1. The second kappa shape index (κ2) is 6.18. The SMILES string of the molecule is CC(C)n1ccnc1C1CCN(c2ncccc2C#N)CC1. The molecule has 114 valence electrons. The molecule has 0 amide bonds. The Morgan fingerprint density at radius 2 is 2.00 bits per heavy atom. The molecule has 3 rings (SSSR count). The topological polar surface area (TPSA) is 57.7 Å². The van der Waals surface area contributed by atoms with Gasteiger partial charge < -0.3 is 9.47 Å². The van der Waals surface area contributed by atoms with Crippen molar-refractivity contribution in [2.45, 2.75) is 38.6 Å². The summed E-state index contributed by atoms with van der Waals surface area (Å²) < 4.78 is 2.27. The molecule has 1 fully saturated rings. The van der Waals surface area contributed by atoms with Crippen LogP contribution in [-0.2, 0) is 0 Å². The molecule has 0 saturated carbocycles. The molecule has 0 aliphatic carbocycles. The Morgan fingerprint density at radius 1 is 1.23 bits per heavy atom. The molecule has 5 nitrogen and oxygen atoms in total. The number of aromatic nitrogens is 3. The van der Waals surface area contributed by atoms with Gasteiger partial charge in [-0.2, -0.15) is 5.26 Å². The Balaban J connectivity index is 1.73. The van der Waals surface area contributed by atoms with Gasteiger partial charge in [-0.15, -0.1) is 0 Å². The maximum absolute atomic E-state index is 9.22. The van der Waals surface area contributed by atoms with Crippen molar-refractivity contribution in [2.75, 3.05) is 18.0 Å². The largest absolute Gasteiger partial charge is 0.355 e. The molecule has 0 atom stereocenters. The molecule has 5 heteroatoms. The fourth-order valence-corrected chi connectivity index (χ4v) is 3.16. The predicted octanol–water partition coefficient (Wildman–Crippen LogP) is 3.11. The normalized spacial score (nSPS) is 16.0. The number of hydrogen-bond donors (Lipinski definition) is 0. The maximum atomic E-state index is 9.22. The van der Waals surface area contributed by atoms with Crippen LogP contribution in [0.5, 0.6) is 0 Å². The van der Waals surface area contributed by atoms with Gasteiger partial charge in [0.2, 0.25) is 0 Å². The van der Waals surface area contributed by atoms with Crippen molar-refractivity contribution in [1.29, 1.82) is 5.26 Å². The first-order valence-corrected chi connectivity index (χ1v) is 7.83. The monoisotopic (exact) mass is 295 g/mol. The molecule has 0 aromatic carbocycles. The molecule has 2 aromatic rings. The summed E-state index contributed by atoms with van der Waals surface area (Å²) in [6, 6.07) is 6.32. The molecule has 1 saturated heterocycles. The lowest BCUT2D eigenvalue weighted by Crippen LogP contribution is -2.34. The Labute approximate surface area is 131 Å². The van der Waals surface area contributed by atoms with E-state index in [2.05, 4.69) is 45.5 Å². The molecule has 1 aliphatic heterocycles. The minimum atomic E-state index is 0.441. The first-order valence-electron chi connectivity index (χ1n) is 7.83. The van der Waals surface area contributed by atoms with Crippen LogP contribution in [0.15, 0.2) is 30.7 Å². The lowest BCUT2D eigenvalue weighted by molar-refractivity contribution is 0.448. The summed E-state index contributed by atoms with van der Waals surface area (Å²) in [5, 5.41) is 9.22. The average Bonchev–Trinajstić information content (AvgIpc) is 3.05. The zero-order valence-corrected chi connectivity index (χ0v) is 13.1. The number of piperidine rings is 1. The molecular formula is C17H21N5. The Kier molecular flexibility index (Phi) is 4.10. The summed E-state index contributed by atoms with van der Waals surface area (Å²) in [6.45, 7) is 6.21. The predicted molar refractivity (Wildman–Crippen MR) is 85.8 cm³/mol. The highest BCUT2D eigenvalue weighted by atomic mass is 15.2. The second-order valence-corrected chi connectivity index (χ2v) is 6.03.